The molecule has 2 N–H and O–H groups in total. The van der Waals surface area contributed by atoms with Gasteiger partial charge in [0.05, 0.1) is 23.2 Å². The van der Waals surface area contributed by atoms with Crippen LogP contribution in [0.2, 0.25) is 0 Å². The van der Waals surface area contributed by atoms with E-state index in [0.717, 1.165) is 12.8 Å². The van der Waals surface area contributed by atoms with Crippen molar-refractivity contribution in [2.45, 2.75) is 35.8 Å². The van der Waals surface area contributed by atoms with E-state index in [4.69, 9.17) is 9.94 Å². The number of amides is 1. The van der Waals surface area contributed by atoms with Crippen LogP contribution in [0.4, 0.5) is 0 Å². The number of hydrogen-bond acceptors (Lipinski definition) is 5. The fourth-order valence-electron chi connectivity index (χ4n) is 2.79. The molecule has 0 spiro atoms. The molecule has 1 amide bonds. The number of rotatable bonds is 4. The van der Waals surface area contributed by atoms with Gasteiger partial charge < -0.3 is 4.74 Å². The molecule has 116 valence electrons. The summed E-state index contributed by atoms with van der Waals surface area (Å²) in [6, 6.07) is 6.13. The van der Waals surface area contributed by atoms with Gasteiger partial charge in [0.15, 0.2) is 9.84 Å². The lowest BCUT2D eigenvalue weighted by atomic mass is 9.88. The molecule has 0 aromatic heterocycles. The Balaban J connectivity index is 2.33. The van der Waals surface area contributed by atoms with Crippen molar-refractivity contribution in [1.82, 2.24) is 5.48 Å². The highest BCUT2D eigenvalue weighted by Gasteiger charge is 2.40. The van der Waals surface area contributed by atoms with Gasteiger partial charge in [-0.25, -0.2) is 13.9 Å². The summed E-state index contributed by atoms with van der Waals surface area (Å²) in [5.74, 6) is -0.769. The SMILES string of the molecule is COc1ccc(S(=O)(=O)[C@@H]2CCCC[C@H]2C(=O)NO)cc1. The highest BCUT2D eigenvalue weighted by molar-refractivity contribution is 7.92. The van der Waals surface area contributed by atoms with Gasteiger partial charge in [0.2, 0.25) is 5.91 Å². The van der Waals surface area contributed by atoms with Gasteiger partial charge >= 0.3 is 0 Å². The summed E-state index contributed by atoms with van der Waals surface area (Å²) in [6.45, 7) is 0. The first-order valence-electron chi connectivity index (χ1n) is 6.82. The van der Waals surface area contributed by atoms with Gasteiger partial charge in [-0.2, -0.15) is 0 Å². The third-order valence-corrected chi connectivity index (χ3v) is 6.23. The molecule has 0 radical (unpaired) electrons. The molecule has 2 rings (SSSR count). The number of methoxy groups -OCH3 is 1. The molecule has 0 unspecified atom stereocenters. The average Bonchev–Trinajstić information content (AvgIpc) is 2.54. The molecule has 1 saturated carbocycles. The van der Waals surface area contributed by atoms with Gasteiger partial charge in [-0.15, -0.1) is 0 Å². The van der Waals surface area contributed by atoms with E-state index in [1.807, 2.05) is 0 Å². The fraction of sp³-hybridized carbons (Fsp3) is 0.500. The predicted molar refractivity (Wildman–Crippen MR) is 75.9 cm³/mol. The minimum Gasteiger partial charge on any atom is -0.497 e. The third kappa shape index (κ3) is 3.19. The first kappa shape index (κ1) is 15.8. The van der Waals surface area contributed by atoms with Gasteiger partial charge in [0.25, 0.3) is 0 Å². The Morgan fingerprint density at radius 2 is 1.86 bits per heavy atom. The van der Waals surface area contributed by atoms with Gasteiger partial charge in [0, 0.05) is 0 Å². The van der Waals surface area contributed by atoms with Crippen LogP contribution < -0.4 is 10.2 Å². The number of hydrogen-bond donors (Lipinski definition) is 2. The summed E-state index contributed by atoms with van der Waals surface area (Å²) in [6.07, 6.45) is 2.43. The molecule has 0 aliphatic heterocycles. The van der Waals surface area contributed by atoms with E-state index in [0.29, 0.717) is 18.6 Å². The maximum absolute atomic E-state index is 12.7. The van der Waals surface area contributed by atoms with Crippen LogP contribution in [0.3, 0.4) is 0 Å². The van der Waals surface area contributed by atoms with Crippen LogP contribution in [0, 0.1) is 5.92 Å². The molecule has 1 fully saturated rings. The molecule has 6 nitrogen and oxygen atoms in total. The molecule has 1 aliphatic carbocycles. The number of hydroxylamine groups is 1. The van der Waals surface area contributed by atoms with Crippen LogP contribution in [0.5, 0.6) is 5.75 Å². The second-order valence-electron chi connectivity index (χ2n) is 5.13. The second-order valence-corrected chi connectivity index (χ2v) is 7.29. The Morgan fingerprint density at radius 3 is 2.43 bits per heavy atom. The van der Waals surface area contributed by atoms with Crippen LogP contribution in [0.25, 0.3) is 0 Å². The average molecular weight is 313 g/mol. The van der Waals surface area contributed by atoms with Crippen molar-refractivity contribution in [3.63, 3.8) is 0 Å². The predicted octanol–water partition coefficient (Wildman–Crippen LogP) is 1.53. The summed E-state index contributed by atoms with van der Waals surface area (Å²) < 4.78 is 30.4. The highest BCUT2D eigenvalue weighted by Crippen LogP contribution is 2.33. The molecular weight excluding hydrogens is 294 g/mol. The van der Waals surface area contributed by atoms with Crippen LogP contribution >= 0.6 is 0 Å². The van der Waals surface area contributed by atoms with Crippen molar-refractivity contribution in [2.24, 2.45) is 5.92 Å². The zero-order chi connectivity index (χ0) is 15.5. The molecule has 1 aromatic rings. The molecule has 21 heavy (non-hydrogen) atoms. The number of nitrogens with one attached hydrogen (secondary N) is 1. The van der Waals surface area contributed by atoms with E-state index in [-0.39, 0.29) is 4.90 Å². The maximum atomic E-state index is 12.7. The Hall–Kier alpha value is -1.60. The monoisotopic (exact) mass is 313 g/mol. The lowest BCUT2D eigenvalue weighted by Gasteiger charge is -2.29. The zero-order valence-corrected chi connectivity index (χ0v) is 12.6. The van der Waals surface area contributed by atoms with E-state index < -0.39 is 26.9 Å². The van der Waals surface area contributed by atoms with E-state index in [9.17, 15) is 13.2 Å². The Kier molecular flexibility index (Phi) is 4.84. The Labute approximate surface area is 124 Å². The number of carbonyl (C=O) groups is 1. The summed E-state index contributed by atoms with van der Waals surface area (Å²) in [7, 11) is -2.11. The molecule has 1 aromatic carbocycles. The van der Waals surface area contributed by atoms with E-state index >= 15 is 0 Å². The standard InChI is InChI=1S/C14H19NO5S/c1-20-10-6-8-11(9-7-10)21(18,19)13-5-3-2-4-12(13)14(16)15-17/h6-9,12-13,17H,2-5H2,1H3,(H,15,16)/t12-,13-/m1/s1. The summed E-state index contributed by atoms with van der Waals surface area (Å²) >= 11 is 0. The summed E-state index contributed by atoms with van der Waals surface area (Å²) in [5.41, 5.74) is 1.58. The van der Waals surface area contributed by atoms with Crippen LogP contribution in [0.15, 0.2) is 29.2 Å². The van der Waals surface area contributed by atoms with Crippen molar-refractivity contribution < 1.29 is 23.2 Å². The van der Waals surface area contributed by atoms with Crippen molar-refractivity contribution in [3.8, 4) is 5.75 Å². The molecule has 7 heteroatoms. The minimum absolute atomic E-state index is 0.172. The molecular formula is C14H19NO5S. The Bertz CT molecular complexity index is 596. The topological polar surface area (TPSA) is 92.7 Å². The molecule has 0 saturated heterocycles. The molecule has 0 heterocycles. The second kappa shape index (κ2) is 6.44. The first-order chi connectivity index (χ1) is 10.0. The quantitative estimate of drug-likeness (QED) is 0.649. The largest absolute Gasteiger partial charge is 0.497 e. The van der Waals surface area contributed by atoms with E-state index in [1.165, 1.54) is 19.2 Å². The Morgan fingerprint density at radius 1 is 1.24 bits per heavy atom. The molecule has 2 atom stereocenters. The maximum Gasteiger partial charge on any atom is 0.247 e. The van der Waals surface area contributed by atoms with Gasteiger partial charge in [-0.3, -0.25) is 10.0 Å². The zero-order valence-electron chi connectivity index (χ0n) is 11.8. The number of ether oxygens (including phenoxy) is 1. The first-order valence-corrected chi connectivity index (χ1v) is 8.37. The van der Waals surface area contributed by atoms with Crippen molar-refractivity contribution in [2.75, 3.05) is 7.11 Å². The summed E-state index contributed by atoms with van der Waals surface area (Å²) in [5, 5.41) is 8.00. The molecule has 1 aliphatic rings. The van der Waals surface area contributed by atoms with Crippen molar-refractivity contribution in [3.05, 3.63) is 24.3 Å². The van der Waals surface area contributed by atoms with Gasteiger partial charge in [-0.1, -0.05) is 12.8 Å². The minimum atomic E-state index is -3.62. The van der Waals surface area contributed by atoms with Crippen molar-refractivity contribution >= 4 is 15.7 Å². The fourth-order valence-corrected chi connectivity index (χ4v) is 4.83. The number of benzene rings is 1. The number of sulfone groups is 1. The van der Waals surface area contributed by atoms with Crippen LogP contribution in [-0.4, -0.2) is 31.9 Å². The van der Waals surface area contributed by atoms with Gasteiger partial charge in [-0.05, 0) is 37.1 Å². The third-order valence-electron chi connectivity index (χ3n) is 3.94. The lowest BCUT2D eigenvalue weighted by Crippen LogP contribution is -2.42. The van der Waals surface area contributed by atoms with E-state index in [2.05, 4.69) is 0 Å². The lowest BCUT2D eigenvalue weighted by molar-refractivity contribution is -0.134. The normalized spacial score (nSPS) is 22.6. The van der Waals surface area contributed by atoms with Gasteiger partial charge in [0.1, 0.15) is 5.75 Å². The highest BCUT2D eigenvalue weighted by atomic mass is 32.2. The van der Waals surface area contributed by atoms with Crippen molar-refractivity contribution in [1.29, 1.82) is 0 Å². The molecule has 0 bridgehead atoms. The smallest absolute Gasteiger partial charge is 0.247 e. The van der Waals surface area contributed by atoms with Crippen LogP contribution in [0.1, 0.15) is 25.7 Å². The number of carbonyl (C=O) groups excluding carboxylic acids is 1. The van der Waals surface area contributed by atoms with E-state index in [1.54, 1.807) is 17.6 Å². The van der Waals surface area contributed by atoms with Crippen LogP contribution in [-0.2, 0) is 14.6 Å². The summed E-state index contributed by atoms with van der Waals surface area (Å²) in [4.78, 5) is 11.9.